The van der Waals surface area contributed by atoms with Crippen molar-refractivity contribution in [3.05, 3.63) is 53.3 Å². The molecule has 2 rings (SSSR count). The Kier molecular flexibility index (Phi) is 5.00. The van der Waals surface area contributed by atoms with Gasteiger partial charge in [-0.3, -0.25) is 0 Å². The van der Waals surface area contributed by atoms with Crippen LogP contribution < -0.4 is 19.9 Å². The number of rotatable bonds is 6. The lowest BCUT2D eigenvalue weighted by molar-refractivity contribution is 0.283. The molecule has 0 aliphatic carbocycles. The highest BCUT2D eigenvalue weighted by Crippen LogP contribution is 2.29. The Morgan fingerprint density at radius 3 is 2.19 bits per heavy atom. The largest absolute Gasteiger partial charge is 0.494 e. The smallest absolute Gasteiger partial charge is 0.165 e. The minimum absolute atomic E-state index is 0.212. The molecule has 0 radical (unpaired) electrons. The quantitative estimate of drug-likeness (QED) is 0.889. The molecule has 0 saturated heterocycles. The van der Waals surface area contributed by atoms with Crippen molar-refractivity contribution in [2.75, 3.05) is 14.2 Å². The SMILES string of the molecule is COc1ccc(COc2ccc(CN)cc2OC)cc1F. The van der Waals surface area contributed by atoms with Gasteiger partial charge in [-0.1, -0.05) is 12.1 Å². The molecule has 0 fully saturated rings. The van der Waals surface area contributed by atoms with Gasteiger partial charge in [0.05, 0.1) is 14.2 Å². The number of benzene rings is 2. The standard InChI is InChI=1S/C16H18FNO3/c1-19-14-5-4-12(7-13(14)17)10-21-15-6-3-11(9-18)8-16(15)20-2/h3-8H,9-10,18H2,1-2H3. The molecule has 4 nitrogen and oxygen atoms in total. The van der Waals surface area contributed by atoms with E-state index in [0.717, 1.165) is 5.56 Å². The lowest BCUT2D eigenvalue weighted by Crippen LogP contribution is -2.01. The molecule has 0 amide bonds. The van der Waals surface area contributed by atoms with Gasteiger partial charge in [0.1, 0.15) is 6.61 Å². The molecule has 0 aliphatic rings. The van der Waals surface area contributed by atoms with Crippen LogP contribution in [0.3, 0.4) is 0 Å². The van der Waals surface area contributed by atoms with E-state index in [2.05, 4.69) is 0 Å². The summed E-state index contributed by atoms with van der Waals surface area (Å²) in [6.07, 6.45) is 0. The van der Waals surface area contributed by atoms with Gasteiger partial charge in [0.15, 0.2) is 23.1 Å². The average molecular weight is 291 g/mol. The maximum absolute atomic E-state index is 13.6. The normalized spacial score (nSPS) is 10.3. The Bertz CT molecular complexity index is 616. The zero-order valence-corrected chi connectivity index (χ0v) is 12.1. The van der Waals surface area contributed by atoms with Crippen molar-refractivity contribution in [1.82, 2.24) is 0 Å². The van der Waals surface area contributed by atoms with Gasteiger partial charge in [0.25, 0.3) is 0 Å². The van der Waals surface area contributed by atoms with Gasteiger partial charge in [0.2, 0.25) is 0 Å². The fourth-order valence-electron chi connectivity index (χ4n) is 1.92. The zero-order chi connectivity index (χ0) is 15.2. The highest BCUT2D eigenvalue weighted by Gasteiger charge is 2.07. The van der Waals surface area contributed by atoms with Crippen LogP contribution in [0.2, 0.25) is 0 Å². The van der Waals surface area contributed by atoms with E-state index in [0.29, 0.717) is 23.6 Å². The molecule has 0 saturated carbocycles. The van der Waals surface area contributed by atoms with Crippen LogP contribution in [0.4, 0.5) is 4.39 Å². The second-order valence-corrected chi connectivity index (χ2v) is 4.45. The summed E-state index contributed by atoms with van der Waals surface area (Å²) in [6, 6.07) is 10.2. The molecule has 0 aliphatic heterocycles. The maximum atomic E-state index is 13.6. The molecule has 0 bridgehead atoms. The van der Waals surface area contributed by atoms with Crippen LogP contribution >= 0.6 is 0 Å². The predicted octanol–water partition coefficient (Wildman–Crippen LogP) is 2.88. The number of ether oxygens (including phenoxy) is 3. The lowest BCUT2D eigenvalue weighted by atomic mass is 10.2. The Hall–Kier alpha value is -2.27. The van der Waals surface area contributed by atoms with E-state index in [4.69, 9.17) is 19.9 Å². The summed E-state index contributed by atoms with van der Waals surface area (Å²) in [5.41, 5.74) is 7.24. The average Bonchev–Trinajstić information content (AvgIpc) is 2.52. The van der Waals surface area contributed by atoms with Crippen molar-refractivity contribution < 1.29 is 18.6 Å². The molecule has 2 aromatic carbocycles. The van der Waals surface area contributed by atoms with Gasteiger partial charge >= 0.3 is 0 Å². The fraction of sp³-hybridized carbons (Fsp3) is 0.250. The third-order valence-electron chi connectivity index (χ3n) is 3.07. The first-order chi connectivity index (χ1) is 10.2. The van der Waals surface area contributed by atoms with Gasteiger partial charge in [-0.05, 0) is 35.4 Å². The Balaban J connectivity index is 2.10. The first-order valence-electron chi connectivity index (χ1n) is 6.50. The van der Waals surface area contributed by atoms with Gasteiger partial charge in [-0.2, -0.15) is 0 Å². The van der Waals surface area contributed by atoms with Crippen LogP contribution in [0.15, 0.2) is 36.4 Å². The molecule has 21 heavy (non-hydrogen) atoms. The van der Waals surface area contributed by atoms with Crippen LogP contribution in [-0.4, -0.2) is 14.2 Å². The highest BCUT2D eigenvalue weighted by molar-refractivity contribution is 5.43. The van der Waals surface area contributed by atoms with Gasteiger partial charge in [-0.15, -0.1) is 0 Å². The molecule has 2 aromatic rings. The second-order valence-electron chi connectivity index (χ2n) is 4.45. The van der Waals surface area contributed by atoms with Crippen molar-refractivity contribution in [3.8, 4) is 17.2 Å². The molecule has 0 aromatic heterocycles. The Morgan fingerprint density at radius 1 is 0.905 bits per heavy atom. The van der Waals surface area contributed by atoms with Crippen LogP contribution in [0.1, 0.15) is 11.1 Å². The summed E-state index contributed by atoms with van der Waals surface area (Å²) in [4.78, 5) is 0. The van der Waals surface area contributed by atoms with Crippen LogP contribution in [0.25, 0.3) is 0 Å². The molecular weight excluding hydrogens is 273 g/mol. The molecule has 112 valence electrons. The first-order valence-corrected chi connectivity index (χ1v) is 6.50. The molecule has 2 N–H and O–H groups in total. The van der Waals surface area contributed by atoms with E-state index in [1.165, 1.54) is 13.2 Å². The lowest BCUT2D eigenvalue weighted by Gasteiger charge is -2.12. The van der Waals surface area contributed by atoms with Crippen molar-refractivity contribution in [2.24, 2.45) is 5.73 Å². The maximum Gasteiger partial charge on any atom is 0.165 e. The molecule has 0 atom stereocenters. The number of nitrogens with two attached hydrogens (primary N) is 1. The van der Waals surface area contributed by atoms with Gasteiger partial charge in [-0.25, -0.2) is 4.39 Å². The summed E-state index contributed by atoms with van der Waals surface area (Å²) in [6.45, 7) is 0.666. The van der Waals surface area contributed by atoms with E-state index in [1.54, 1.807) is 25.3 Å². The van der Waals surface area contributed by atoms with Crippen LogP contribution in [0, 0.1) is 5.82 Å². The molecule has 0 heterocycles. The van der Waals surface area contributed by atoms with Gasteiger partial charge in [0, 0.05) is 6.54 Å². The molecule has 0 unspecified atom stereocenters. The summed E-state index contributed by atoms with van der Waals surface area (Å²) in [5, 5.41) is 0. The second kappa shape index (κ2) is 6.95. The van der Waals surface area contributed by atoms with Crippen molar-refractivity contribution in [1.29, 1.82) is 0 Å². The Labute approximate surface area is 123 Å². The van der Waals surface area contributed by atoms with E-state index in [1.807, 2.05) is 12.1 Å². The number of methoxy groups -OCH3 is 2. The van der Waals surface area contributed by atoms with Gasteiger partial charge < -0.3 is 19.9 Å². The summed E-state index contributed by atoms with van der Waals surface area (Å²) >= 11 is 0. The molecule has 0 spiro atoms. The third kappa shape index (κ3) is 3.64. The number of halogens is 1. The zero-order valence-electron chi connectivity index (χ0n) is 12.1. The van der Waals surface area contributed by atoms with Crippen LogP contribution in [-0.2, 0) is 13.2 Å². The van der Waals surface area contributed by atoms with E-state index < -0.39 is 5.82 Å². The monoisotopic (exact) mass is 291 g/mol. The van der Waals surface area contributed by atoms with Crippen LogP contribution in [0.5, 0.6) is 17.2 Å². The highest BCUT2D eigenvalue weighted by atomic mass is 19.1. The van der Waals surface area contributed by atoms with E-state index in [-0.39, 0.29) is 12.4 Å². The minimum atomic E-state index is -0.413. The first kappa shape index (κ1) is 15.1. The van der Waals surface area contributed by atoms with E-state index >= 15 is 0 Å². The third-order valence-corrected chi connectivity index (χ3v) is 3.07. The molecular formula is C16H18FNO3. The number of hydrogen-bond acceptors (Lipinski definition) is 4. The molecule has 5 heteroatoms. The predicted molar refractivity (Wildman–Crippen MR) is 78.2 cm³/mol. The fourth-order valence-corrected chi connectivity index (χ4v) is 1.92. The summed E-state index contributed by atoms with van der Waals surface area (Å²) < 4.78 is 29.4. The Morgan fingerprint density at radius 2 is 1.57 bits per heavy atom. The summed E-state index contributed by atoms with van der Waals surface area (Å²) in [7, 11) is 2.99. The minimum Gasteiger partial charge on any atom is -0.494 e. The summed E-state index contributed by atoms with van der Waals surface area (Å²) in [5.74, 6) is 0.991. The van der Waals surface area contributed by atoms with Crippen molar-refractivity contribution >= 4 is 0 Å². The van der Waals surface area contributed by atoms with Crippen molar-refractivity contribution in [3.63, 3.8) is 0 Å². The topological polar surface area (TPSA) is 53.7 Å². The number of hydrogen-bond donors (Lipinski definition) is 1. The van der Waals surface area contributed by atoms with Crippen molar-refractivity contribution in [2.45, 2.75) is 13.2 Å². The van der Waals surface area contributed by atoms with E-state index in [9.17, 15) is 4.39 Å².